The Morgan fingerprint density at radius 2 is 1.45 bits per heavy atom. The van der Waals surface area contributed by atoms with Crippen LogP contribution in [-0.4, -0.2) is 8.75 Å². The summed E-state index contributed by atoms with van der Waals surface area (Å²) >= 11 is 1.16. The third-order valence-electron chi connectivity index (χ3n) is 1.46. The highest BCUT2D eigenvalue weighted by Crippen LogP contribution is 2.21. The Kier molecular flexibility index (Phi) is 1.19. The van der Waals surface area contributed by atoms with Crippen molar-refractivity contribution >= 4 is 34.1 Å². The van der Waals surface area contributed by atoms with Gasteiger partial charge in [0, 0.05) is 0 Å². The summed E-state index contributed by atoms with van der Waals surface area (Å²) in [4.78, 5) is 0. The molecule has 2 rings (SSSR count). The van der Waals surface area contributed by atoms with Gasteiger partial charge in [0.15, 0.2) is 0 Å². The highest BCUT2D eigenvalue weighted by molar-refractivity contribution is 7.00. The van der Waals surface area contributed by atoms with Crippen LogP contribution in [0.1, 0.15) is 0 Å². The molecule has 0 aliphatic heterocycles. The average molecular weight is 166 g/mol. The molecule has 0 amide bonds. The Hall–Kier alpha value is -1.36. The van der Waals surface area contributed by atoms with Gasteiger partial charge < -0.3 is 11.5 Å². The molecular formula is C6H6N4S. The summed E-state index contributed by atoms with van der Waals surface area (Å²) in [6.07, 6.45) is 0. The second-order valence-corrected chi connectivity index (χ2v) is 2.76. The number of fused-ring (bicyclic) bond motifs is 1. The van der Waals surface area contributed by atoms with E-state index < -0.39 is 0 Å². The summed E-state index contributed by atoms with van der Waals surface area (Å²) in [6, 6.07) is 3.46. The van der Waals surface area contributed by atoms with Crippen LogP contribution in [0, 0.1) is 0 Å². The maximum absolute atomic E-state index is 5.56. The SMILES string of the molecule is Nc1cc2nsnc2cc1N. The molecule has 1 aromatic carbocycles. The summed E-state index contributed by atoms with van der Waals surface area (Å²) < 4.78 is 8.03. The molecule has 0 spiro atoms. The van der Waals surface area contributed by atoms with Crippen molar-refractivity contribution in [1.29, 1.82) is 0 Å². The lowest BCUT2D eigenvalue weighted by Crippen LogP contribution is -1.93. The van der Waals surface area contributed by atoms with Crippen molar-refractivity contribution in [2.75, 3.05) is 11.5 Å². The molecule has 2 aromatic rings. The van der Waals surface area contributed by atoms with E-state index in [0.29, 0.717) is 11.4 Å². The Morgan fingerprint density at radius 1 is 1.00 bits per heavy atom. The number of nitrogens with two attached hydrogens (primary N) is 2. The molecule has 0 bridgehead atoms. The summed E-state index contributed by atoms with van der Waals surface area (Å²) in [7, 11) is 0. The maximum atomic E-state index is 5.56. The zero-order chi connectivity index (χ0) is 7.84. The van der Waals surface area contributed by atoms with E-state index in [1.165, 1.54) is 0 Å². The second kappa shape index (κ2) is 2.06. The van der Waals surface area contributed by atoms with Gasteiger partial charge in [0.05, 0.1) is 23.1 Å². The molecule has 0 saturated carbocycles. The Bertz CT molecular complexity index is 358. The van der Waals surface area contributed by atoms with E-state index in [0.717, 1.165) is 22.8 Å². The van der Waals surface area contributed by atoms with Gasteiger partial charge in [-0.15, -0.1) is 0 Å². The number of aromatic nitrogens is 2. The van der Waals surface area contributed by atoms with Gasteiger partial charge in [-0.2, -0.15) is 8.75 Å². The Morgan fingerprint density at radius 3 is 1.91 bits per heavy atom. The topological polar surface area (TPSA) is 77.8 Å². The van der Waals surface area contributed by atoms with Gasteiger partial charge in [-0.3, -0.25) is 0 Å². The summed E-state index contributed by atoms with van der Waals surface area (Å²) in [5, 5.41) is 0. The first-order valence-corrected chi connectivity index (χ1v) is 3.77. The lowest BCUT2D eigenvalue weighted by molar-refractivity contribution is 1.63. The quantitative estimate of drug-likeness (QED) is 0.569. The van der Waals surface area contributed by atoms with Gasteiger partial charge in [-0.05, 0) is 12.1 Å². The van der Waals surface area contributed by atoms with Crippen LogP contribution in [0.25, 0.3) is 11.0 Å². The molecule has 4 nitrogen and oxygen atoms in total. The van der Waals surface area contributed by atoms with E-state index in [4.69, 9.17) is 11.5 Å². The molecule has 11 heavy (non-hydrogen) atoms. The normalized spacial score (nSPS) is 10.5. The number of rotatable bonds is 0. The number of nitrogens with zero attached hydrogens (tertiary/aromatic N) is 2. The van der Waals surface area contributed by atoms with Crippen LogP contribution < -0.4 is 11.5 Å². The average Bonchev–Trinajstić information content (AvgIpc) is 2.36. The zero-order valence-corrected chi connectivity index (χ0v) is 6.43. The first-order valence-electron chi connectivity index (χ1n) is 3.04. The molecule has 0 saturated heterocycles. The smallest absolute Gasteiger partial charge is 0.106 e. The van der Waals surface area contributed by atoms with Crippen molar-refractivity contribution in [3.8, 4) is 0 Å². The lowest BCUT2D eigenvalue weighted by Gasteiger charge is -1.96. The van der Waals surface area contributed by atoms with Gasteiger partial charge in [0.1, 0.15) is 11.0 Å². The second-order valence-electron chi connectivity index (χ2n) is 2.23. The summed E-state index contributed by atoms with van der Waals surface area (Å²) in [5.41, 5.74) is 13.8. The van der Waals surface area contributed by atoms with Gasteiger partial charge in [-0.25, -0.2) is 0 Å². The molecule has 1 heterocycles. The van der Waals surface area contributed by atoms with E-state index in [1.54, 1.807) is 12.1 Å². The zero-order valence-electron chi connectivity index (χ0n) is 5.61. The highest BCUT2D eigenvalue weighted by Gasteiger charge is 2.01. The largest absolute Gasteiger partial charge is 0.397 e. The van der Waals surface area contributed by atoms with Crippen LogP contribution in [0.2, 0.25) is 0 Å². The molecular weight excluding hydrogens is 160 g/mol. The molecule has 0 atom stereocenters. The number of benzene rings is 1. The fourth-order valence-electron chi connectivity index (χ4n) is 0.864. The van der Waals surface area contributed by atoms with E-state index >= 15 is 0 Å². The maximum Gasteiger partial charge on any atom is 0.106 e. The minimum atomic E-state index is 0.560. The first-order chi connectivity index (χ1) is 5.27. The molecule has 56 valence electrons. The lowest BCUT2D eigenvalue weighted by atomic mass is 10.2. The molecule has 0 aliphatic carbocycles. The van der Waals surface area contributed by atoms with E-state index in [2.05, 4.69) is 8.75 Å². The standard InChI is InChI=1S/C6H6N4S/c7-3-1-5-6(2-4(3)8)10-11-9-5/h1-2H,7-8H2. The highest BCUT2D eigenvalue weighted by atomic mass is 32.1. The minimum absolute atomic E-state index is 0.560. The summed E-state index contributed by atoms with van der Waals surface area (Å²) in [5.74, 6) is 0. The number of hydrogen-bond donors (Lipinski definition) is 2. The van der Waals surface area contributed by atoms with Crippen molar-refractivity contribution in [2.24, 2.45) is 0 Å². The summed E-state index contributed by atoms with van der Waals surface area (Å²) in [6.45, 7) is 0. The number of nitrogen functional groups attached to an aromatic ring is 2. The van der Waals surface area contributed by atoms with Crippen LogP contribution in [0.3, 0.4) is 0 Å². The fourth-order valence-corrected chi connectivity index (χ4v) is 1.37. The molecule has 0 aliphatic rings. The van der Waals surface area contributed by atoms with Crippen LogP contribution >= 0.6 is 11.7 Å². The predicted molar refractivity (Wildman–Crippen MR) is 46.2 cm³/mol. The van der Waals surface area contributed by atoms with Crippen molar-refractivity contribution < 1.29 is 0 Å². The Balaban J connectivity index is 2.86. The van der Waals surface area contributed by atoms with Gasteiger partial charge in [-0.1, -0.05) is 0 Å². The van der Waals surface area contributed by atoms with E-state index in [1.807, 2.05) is 0 Å². The van der Waals surface area contributed by atoms with E-state index in [-0.39, 0.29) is 0 Å². The number of hydrogen-bond acceptors (Lipinski definition) is 5. The third-order valence-corrected chi connectivity index (χ3v) is 2.02. The molecule has 0 fully saturated rings. The minimum Gasteiger partial charge on any atom is -0.397 e. The molecule has 0 radical (unpaired) electrons. The van der Waals surface area contributed by atoms with Crippen molar-refractivity contribution in [1.82, 2.24) is 8.75 Å². The van der Waals surface area contributed by atoms with Crippen LogP contribution in [0.4, 0.5) is 11.4 Å². The predicted octanol–water partition coefficient (Wildman–Crippen LogP) is 0.856. The van der Waals surface area contributed by atoms with Crippen LogP contribution in [-0.2, 0) is 0 Å². The first kappa shape index (κ1) is 6.36. The Labute approximate surface area is 67.2 Å². The fraction of sp³-hybridized carbons (Fsp3) is 0. The molecule has 0 unspecified atom stereocenters. The van der Waals surface area contributed by atoms with Crippen LogP contribution in [0.15, 0.2) is 12.1 Å². The molecule has 1 aromatic heterocycles. The number of anilines is 2. The third kappa shape index (κ3) is 0.894. The van der Waals surface area contributed by atoms with Gasteiger partial charge in [0.2, 0.25) is 0 Å². The van der Waals surface area contributed by atoms with Gasteiger partial charge >= 0.3 is 0 Å². The monoisotopic (exact) mass is 166 g/mol. The van der Waals surface area contributed by atoms with Crippen LogP contribution in [0.5, 0.6) is 0 Å². The van der Waals surface area contributed by atoms with E-state index in [9.17, 15) is 0 Å². The van der Waals surface area contributed by atoms with Crippen molar-refractivity contribution in [3.63, 3.8) is 0 Å². The molecule has 5 heteroatoms. The molecule has 4 N–H and O–H groups in total. The van der Waals surface area contributed by atoms with Gasteiger partial charge in [0.25, 0.3) is 0 Å². The van der Waals surface area contributed by atoms with Crippen molar-refractivity contribution in [2.45, 2.75) is 0 Å². The van der Waals surface area contributed by atoms with Crippen molar-refractivity contribution in [3.05, 3.63) is 12.1 Å².